The molecule has 0 aliphatic carbocycles. The molecule has 8 unspecified atom stereocenters. The molecule has 1 aliphatic rings. The monoisotopic (exact) mass is 679 g/mol. The smallest absolute Gasteiger partial charge is 0.249 e. The molecule has 276 valence electrons. The van der Waals surface area contributed by atoms with Crippen LogP contribution in [0.1, 0.15) is 110 Å². The first-order valence-electron chi connectivity index (χ1n) is 18.1. The summed E-state index contributed by atoms with van der Waals surface area (Å²) >= 11 is 0. The van der Waals surface area contributed by atoms with Crippen LogP contribution in [0.4, 0.5) is 0 Å². The van der Waals surface area contributed by atoms with Gasteiger partial charge in [-0.25, -0.2) is 0 Å². The van der Waals surface area contributed by atoms with E-state index in [9.17, 15) is 35.4 Å². The number of nitrogens with one attached hydrogen (secondary N) is 1. The Hall–Kier alpha value is -2.15. The van der Waals surface area contributed by atoms with Gasteiger partial charge in [-0.05, 0) is 51.4 Å². The van der Waals surface area contributed by atoms with Gasteiger partial charge in [0.25, 0.3) is 0 Å². The Morgan fingerprint density at radius 1 is 0.729 bits per heavy atom. The van der Waals surface area contributed by atoms with Crippen molar-refractivity contribution in [3.05, 3.63) is 60.8 Å². The van der Waals surface area contributed by atoms with Gasteiger partial charge < -0.3 is 45.4 Å². The third-order valence-corrected chi connectivity index (χ3v) is 8.14. The zero-order valence-corrected chi connectivity index (χ0v) is 29.3. The number of hydrogen-bond acceptors (Lipinski definition) is 9. The standard InChI is InChI=1S/C38H65NO9/c1-3-5-7-9-11-13-15-17-19-21-23-25-27-32(42)37(46)39-30(29-47-38-36(45)35(44)34(43)33(28-40)48-38)31(41)26-24-22-20-18-16-14-12-10-8-6-4-2/h8,10,16-19,23-26,30-36,38,40-45H,3-7,9,11-15,20-22,27-29H2,1-2H3,(H,39,46)/b10-8+,18-16+,19-17-,25-23-,26-24+. The maximum atomic E-state index is 12.9. The summed E-state index contributed by atoms with van der Waals surface area (Å²) in [5, 5.41) is 63.9. The third kappa shape index (κ3) is 19.7. The molecular weight excluding hydrogens is 614 g/mol. The van der Waals surface area contributed by atoms with Crippen LogP contribution in [0.2, 0.25) is 0 Å². The number of amides is 1. The highest BCUT2D eigenvalue weighted by molar-refractivity contribution is 5.81. The van der Waals surface area contributed by atoms with Crippen LogP contribution in [-0.4, -0.2) is 98.7 Å². The maximum Gasteiger partial charge on any atom is 0.249 e. The van der Waals surface area contributed by atoms with E-state index in [0.29, 0.717) is 12.8 Å². The van der Waals surface area contributed by atoms with Gasteiger partial charge in [0.05, 0.1) is 25.4 Å². The van der Waals surface area contributed by atoms with Crippen LogP contribution >= 0.6 is 0 Å². The third-order valence-electron chi connectivity index (χ3n) is 8.14. The van der Waals surface area contributed by atoms with Gasteiger partial charge >= 0.3 is 0 Å². The molecule has 10 heteroatoms. The Kier molecular flexibility index (Phi) is 26.2. The fraction of sp³-hybridized carbons (Fsp3) is 0.711. The van der Waals surface area contributed by atoms with E-state index in [1.807, 2.05) is 6.08 Å². The second kappa shape index (κ2) is 28.7. The fourth-order valence-corrected chi connectivity index (χ4v) is 5.06. The van der Waals surface area contributed by atoms with Gasteiger partial charge in [0.2, 0.25) is 5.91 Å². The van der Waals surface area contributed by atoms with Crippen molar-refractivity contribution >= 4 is 5.91 Å². The number of hydrogen-bond donors (Lipinski definition) is 7. The van der Waals surface area contributed by atoms with Gasteiger partial charge in [0.15, 0.2) is 6.29 Å². The second-order valence-electron chi connectivity index (χ2n) is 12.4. The molecule has 1 amide bonds. The number of unbranched alkanes of at least 4 members (excludes halogenated alkanes) is 9. The summed E-state index contributed by atoms with van der Waals surface area (Å²) in [5.41, 5.74) is 0. The molecule has 0 aromatic carbocycles. The van der Waals surface area contributed by atoms with Gasteiger partial charge in [-0.15, -0.1) is 0 Å². The number of allylic oxidation sites excluding steroid dienone is 8. The molecule has 1 aliphatic heterocycles. The van der Waals surface area contributed by atoms with Crippen molar-refractivity contribution in [3.8, 4) is 0 Å². The van der Waals surface area contributed by atoms with Gasteiger partial charge in [-0.2, -0.15) is 0 Å². The maximum absolute atomic E-state index is 12.9. The van der Waals surface area contributed by atoms with Crippen molar-refractivity contribution in [2.75, 3.05) is 13.2 Å². The number of carbonyl (C=O) groups excluding carboxylic acids is 1. The van der Waals surface area contributed by atoms with E-state index < -0.39 is 61.5 Å². The van der Waals surface area contributed by atoms with Crippen molar-refractivity contribution < 1.29 is 44.9 Å². The lowest BCUT2D eigenvalue weighted by atomic mass is 9.99. The van der Waals surface area contributed by atoms with E-state index in [1.165, 1.54) is 44.6 Å². The predicted octanol–water partition coefficient (Wildman–Crippen LogP) is 4.68. The highest BCUT2D eigenvalue weighted by atomic mass is 16.7. The van der Waals surface area contributed by atoms with Crippen molar-refractivity contribution in [1.82, 2.24) is 5.32 Å². The Labute approximate surface area is 288 Å². The molecule has 48 heavy (non-hydrogen) atoms. The summed E-state index contributed by atoms with van der Waals surface area (Å²) in [7, 11) is 0. The topological polar surface area (TPSA) is 169 Å². The molecule has 1 fully saturated rings. The first kappa shape index (κ1) is 43.9. The molecule has 7 N–H and O–H groups in total. The minimum atomic E-state index is -1.63. The van der Waals surface area contributed by atoms with E-state index in [0.717, 1.165) is 38.5 Å². The van der Waals surface area contributed by atoms with Gasteiger partial charge in [0.1, 0.15) is 30.5 Å². The number of rotatable bonds is 27. The van der Waals surface area contributed by atoms with Crippen LogP contribution in [0.5, 0.6) is 0 Å². The summed E-state index contributed by atoms with van der Waals surface area (Å²) in [6, 6.07) is -1.03. The summed E-state index contributed by atoms with van der Waals surface area (Å²) in [4.78, 5) is 12.9. The summed E-state index contributed by atoms with van der Waals surface area (Å²) < 4.78 is 11.0. The van der Waals surface area contributed by atoms with E-state index in [4.69, 9.17) is 9.47 Å². The number of ether oxygens (including phenoxy) is 2. The van der Waals surface area contributed by atoms with Crippen LogP contribution in [0.25, 0.3) is 0 Å². The van der Waals surface area contributed by atoms with E-state index in [-0.39, 0.29) is 13.0 Å². The number of aliphatic hydroxyl groups is 6. The lowest BCUT2D eigenvalue weighted by Gasteiger charge is -2.40. The van der Waals surface area contributed by atoms with E-state index in [1.54, 1.807) is 12.2 Å². The number of carbonyl (C=O) groups is 1. The first-order chi connectivity index (χ1) is 23.3. The molecule has 1 saturated heterocycles. The molecule has 1 heterocycles. The molecule has 1 rings (SSSR count). The Balaban J connectivity index is 2.66. The van der Waals surface area contributed by atoms with Gasteiger partial charge in [-0.3, -0.25) is 4.79 Å². The van der Waals surface area contributed by atoms with Crippen molar-refractivity contribution in [1.29, 1.82) is 0 Å². The molecule has 0 radical (unpaired) electrons. The molecule has 0 saturated carbocycles. The Morgan fingerprint density at radius 2 is 1.33 bits per heavy atom. The average molecular weight is 680 g/mol. The second-order valence-corrected chi connectivity index (χ2v) is 12.4. The van der Waals surface area contributed by atoms with Crippen LogP contribution in [-0.2, 0) is 14.3 Å². The zero-order chi connectivity index (χ0) is 35.4. The molecule has 0 bridgehead atoms. The Morgan fingerprint density at radius 3 is 2.00 bits per heavy atom. The minimum Gasteiger partial charge on any atom is -0.394 e. The SMILES string of the molecule is CCC/C=C/CC/C=C/CC/C=C/C(O)C(COC1OC(CO)C(O)C(O)C1O)NC(=O)C(O)C/C=C\C/C=C\CCCCCCCC. The van der Waals surface area contributed by atoms with Crippen molar-refractivity contribution in [2.45, 2.75) is 159 Å². The number of aliphatic hydroxyl groups excluding tert-OH is 6. The Bertz CT molecular complexity index is 948. The van der Waals surface area contributed by atoms with Crippen LogP contribution < -0.4 is 5.32 Å². The molecule has 0 aromatic rings. The predicted molar refractivity (Wildman–Crippen MR) is 190 cm³/mol. The molecule has 10 nitrogen and oxygen atoms in total. The molecule has 8 atom stereocenters. The average Bonchev–Trinajstić information content (AvgIpc) is 3.08. The van der Waals surface area contributed by atoms with E-state index in [2.05, 4.69) is 55.6 Å². The minimum absolute atomic E-state index is 0.0874. The summed E-state index contributed by atoms with van der Waals surface area (Å²) in [6.45, 7) is 3.40. The normalized spacial score (nSPS) is 24.0. The van der Waals surface area contributed by atoms with Crippen molar-refractivity contribution in [2.24, 2.45) is 0 Å². The largest absolute Gasteiger partial charge is 0.394 e. The van der Waals surface area contributed by atoms with Gasteiger partial charge in [-0.1, -0.05) is 113 Å². The lowest BCUT2D eigenvalue weighted by Crippen LogP contribution is -2.60. The molecule has 0 spiro atoms. The van der Waals surface area contributed by atoms with Gasteiger partial charge in [0, 0.05) is 6.42 Å². The highest BCUT2D eigenvalue weighted by Gasteiger charge is 2.44. The quantitative estimate of drug-likeness (QED) is 0.0482. The van der Waals surface area contributed by atoms with Crippen LogP contribution in [0.15, 0.2) is 60.8 Å². The zero-order valence-electron chi connectivity index (χ0n) is 29.3. The highest BCUT2D eigenvalue weighted by Crippen LogP contribution is 2.22. The summed E-state index contributed by atoms with van der Waals surface area (Å²) in [5.74, 6) is -0.705. The summed E-state index contributed by atoms with van der Waals surface area (Å²) in [6.07, 6.45) is 24.9. The first-order valence-corrected chi connectivity index (χ1v) is 18.1. The lowest BCUT2D eigenvalue weighted by molar-refractivity contribution is -0.302. The molecular formula is C38H65NO9. The van der Waals surface area contributed by atoms with Crippen LogP contribution in [0, 0.1) is 0 Å². The van der Waals surface area contributed by atoms with Crippen molar-refractivity contribution in [3.63, 3.8) is 0 Å². The molecule has 0 aromatic heterocycles. The van der Waals surface area contributed by atoms with E-state index >= 15 is 0 Å². The fourth-order valence-electron chi connectivity index (χ4n) is 5.06. The van der Waals surface area contributed by atoms with Crippen LogP contribution in [0.3, 0.4) is 0 Å².